The average molecular weight is 197 g/mol. The predicted molar refractivity (Wildman–Crippen MR) is 59.1 cm³/mol. The highest BCUT2D eigenvalue weighted by atomic mass is 16.2. The van der Waals surface area contributed by atoms with Crippen molar-refractivity contribution in [3.8, 4) is 0 Å². The van der Waals surface area contributed by atoms with E-state index in [0.717, 1.165) is 12.8 Å². The molecule has 0 aliphatic carbocycles. The minimum Gasteiger partial charge on any atom is -0.334 e. The van der Waals surface area contributed by atoms with Gasteiger partial charge in [0.25, 0.3) is 0 Å². The van der Waals surface area contributed by atoms with Crippen molar-refractivity contribution in [1.82, 2.24) is 4.90 Å². The molecule has 2 heteroatoms. The van der Waals surface area contributed by atoms with Crippen molar-refractivity contribution in [3.63, 3.8) is 0 Å². The Morgan fingerprint density at radius 2 is 1.86 bits per heavy atom. The lowest BCUT2D eigenvalue weighted by molar-refractivity contribution is -0.166. The number of amides is 1. The predicted octanol–water partition coefficient (Wildman–Crippen LogP) is 2.82. The highest BCUT2D eigenvalue weighted by molar-refractivity contribution is 5.86. The lowest BCUT2D eigenvalue weighted by Gasteiger charge is -2.54. The number of carbonyl (C=O) groups is 1. The maximum Gasteiger partial charge on any atom is 0.228 e. The number of nitrogens with zero attached hydrogens (tertiary/aromatic N) is 1. The molecule has 1 heterocycles. The molecule has 0 bridgehead atoms. The second-order valence-electron chi connectivity index (χ2n) is 5.25. The van der Waals surface area contributed by atoms with Crippen LogP contribution >= 0.6 is 0 Å². The summed E-state index contributed by atoms with van der Waals surface area (Å²) in [7, 11) is 0. The third-order valence-electron chi connectivity index (χ3n) is 3.10. The summed E-state index contributed by atoms with van der Waals surface area (Å²) in [5.41, 5.74) is 0.00257. The molecular weight excluding hydrogens is 174 g/mol. The SMILES string of the molecule is CCCC1C(CC)C(=O)N1C(C)(C)C. The van der Waals surface area contributed by atoms with Gasteiger partial charge >= 0.3 is 0 Å². The van der Waals surface area contributed by atoms with E-state index in [9.17, 15) is 4.79 Å². The highest BCUT2D eigenvalue weighted by Crippen LogP contribution is 2.37. The number of rotatable bonds is 3. The van der Waals surface area contributed by atoms with Gasteiger partial charge in [0, 0.05) is 11.6 Å². The van der Waals surface area contributed by atoms with Crippen LogP contribution in [0.4, 0.5) is 0 Å². The summed E-state index contributed by atoms with van der Waals surface area (Å²) in [4.78, 5) is 13.9. The fourth-order valence-electron chi connectivity index (χ4n) is 2.51. The third-order valence-corrected chi connectivity index (χ3v) is 3.10. The van der Waals surface area contributed by atoms with Crippen LogP contribution in [0, 0.1) is 5.92 Å². The number of hydrogen-bond donors (Lipinski definition) is 0. The van der Waals surface area contributed by atoms with Gasteiger partial charge in [0.1, 0.15) is 0 Å². The summed E-state index contributed by atoms with van der Waals surface area (Å²) in [5, 5.41) is 0. The fourth-order valence-corrected chi connectivity index (χ4v) is 2.51. The van der Waals surface area contributed by atoms with Gasteiger partial charge in [-0.2, -0.15) is 0 Å². The monoisotopic (exact) mass is 197 g/mol. The topological polar surface area (TPSA) is 20.3 Å². The number of β-lactam (4-membered cyclic amide) rings is 1. The zero-order chi connectivity index (χ0) is 10.9. The summed E-state index contributed by atoms with van der Waals surface area (Å²) in [6, 6.07) is 0.498. The van der Waals surface area contributed by atoms with E-state index < -0.39 is 0 Å². The zero-order valence-corrected chi connectivity index (χ0v) is 10.1. The molecule has 1 amide bonds. The Bertz CT molecular complexity index is 217. The van der Waals surface area contributed by atoms with E-state index in [1.807, 2.05) is 0 Å². The lowest BCUT2D eigenvalue weighted by Crippen LogP contribution is -2.66. The van der Waals surface area contributed by atoms with Crippen LogP contribution in [-0.4, -0.2) is 22.4 Å². The molecule has 1 aliphatic rings. The Morgan fingerprint density at radius 1 is 1.29 bits per heavy atom. The van der Waals surface area contributed by atoms with Crippen LogP contribution in [0.5, 0.6) is 0 Å². The molecule has 82 valence electrons. The normalized spacial score (nSPS) is 27.8. The molecule has 0 aromatic carbocycles. The maximum absolute atomic E-state index is 11.9. The Balaban J connectivity index is 2.72. The van der Waals surface area contributed by atoms with Gasteiger partial charge in [-0.3, -0.25) is 4.79 Å². The molecule has 0 saturated carbocycles. The van der Waals surface area contributed by atoms with E-state index in [-0.39, 0.29) is 5.54 Å². The first-order valence-electron chi connectivity index (χ1n) is 5.76. The van der Waals surface area contributed by atoms with Crippen molar-refractivity contribution in [3.05, 3.63) is 0 Å². The minimum absolute atomic E-state index is 0.00257. The summed E-state index contributed by atoms with van der Waals surface area (Å²) in [6.45, 7) is 10.7. The van der Waals surface area contributed by atoms with E-state index in [1.165, 1.54) is 6.42 Å². The molecule has 0 spiro atoms. The Kier molecular flexibility index (Phi) is 3.23. The number of likely N-dealkylation sites (tertiary alicyclic amines) is 1. The van der Waals surface area contributed by atoms with Gasteiger partial charge in [0.2, 0.25) is 5.91 Å². The van der Waals surface area contributed by atoms with Gasteiger partial charge in [-0.05, 0) is 33.6 Å². The van der Waals surface area contributed by atoms with Gasteiger partial charge in [-0.25, -0.2) is 0 Å². The molecule has 0 radical (unpaired) electrons. The van der Waals surface area contributed by atoms with Gasteiger partial charge in [-0.15, -0.1) is 0 Å². The summed E-state index contributed by atoms with van der Waals surface area (Å²) < 4.78 is 0. The minimum atomic E-state index is 0.00257. The van der Waals surface area contributed by atoms with E-state index >= 15 is 0 Å². The van der Waals surface area contributed by atoms with Crippen LogP contribution in [-0.2, 0) is 4.79 Å². The number of hydrogen-bond acceptors (Lipinski definition) is 1. The van der Waals surface area contributed by atoms with Crippen LogP contribution in [0.3, 0.4) is 0 Å². The van der Waals surface area contributed by atoms with Crippen LogP contribution in [0.1, 0.15) is 53.9 Å². The molecule has 0 N–H and O–H groups in total. The summed E-state index contributed by atoms with van der Waals surface area (Å²) in [5.74, 6) is 0.660. The van der Waals surface area contributed by atoms with Gasteiger partial charge in [0.15, 0.2) is 0 Å². The Labute approximate surface area is 87.7 Å². The molecule has 1 aliphatic heterocycles. The molecule has 14 heavy (non-hydrogen) atoms. The van der Waals surface area contributed by atoms with Gasteiger partial charge in [-0.1, -0.05) is 20.3 Å². The quantitative estimate of drug-likeness (QED) is 0.637. The van der Waals surface area contributed by atoms with E-state index in [4.69, 9.17) is 0 Å². The van der Waals surface area contributed by atoms with Crippen molar-refractivity contribution in [2.75, 3.05) is 0 Å². The lowest BCUT2D eigenvalue weighted by atomic mass is 9.79. The van der Waals surface area contributed by atoms with Crippen LogP contribution in [0.15, 0.2) is 0 Å². The summed E-state index contributed by atoms with van der Waals surface area (Å²) in [6.07, 6.45) is 3.32. The van der Waals surface area contributed by atoms with Gasteiger partial charge < -0.3 is 4.90 Å². The molecule has 0 aromatic rings. The average Bonchev–Trinajstić information content (AvgIpc) is 2.02. The third kappa shape index (κ3) is 1.79. The highest BCUT2D eigenvalue weighted by Gasteiger charge is 2.49. The summed E-state index contributed by atoms with van der Waals surface area (Å²) >= 11 is 0. The van der Waals surface area contributed by atoms with Crippen molar-refractivity contribution >= 4 is 5.91 Å². The largest absolute Gasteiger partial charge is 0.334 e. The maximum atomic E-state index is 11.9. The zero-order valence-electron chi connectivity index (χ0n) is 10.1. The molecule has 2 nitrogen and oxygen atoms in total. The van der Waals surface area contributed by atoms with Gasteiger partial charge in [0.05, 0.1) is 5.92 Å². The second kappa shape index (κ2) is 3.92. The van der Waals surface area contributed by atoms with Crippen molar-refractivity contribution in [2.24, 2.45) is 5.92 Å². The molecule has 2 unspecified atom stereocenters. The second-order valence-corrected chi connectivity index (χ2v) is 5.25. The molecule has 1 fully saturated rings. The van der Waals surface area contributed by atoms with Crippen LogP contribution < -0.4 is 0 Å². The van der Waals surface area contributed by atoms with E-state index in [2.05, 4.69) is 39.5 Å². The van der Waals surface area contributed by atoms with E-state index in [1.54, 1.807) is 0 Å². The first-order chi connectivity index (χ1) is 6.43. The Morgan fingerprint density at radius 3 is 2.21 bits per heavy atom. The molecule has 0 aromatic heterocycles. The molecule has 1 rings (SSSR count). The Hall–Kier alpha value is -0.530. The standard InChI is InChI=1S/C12H23NO/c1-6-8-10-9(7-2)11(14)13(10)12(3,4)5/h9-10H,6-8H2,1-5H3. The van der Waals surface area contributed by atoms with Crippen LogP contribution in [0.2, 0.25) is 0 Å². The first-order valence-corrected chi connectivity index (χ1v) is 5.76. The van der Waals surface area contributed by atoms with Crippen LogP contribution in [0.25, 0.3) is 0 Å². The smallest absolute Gasteiger partial charge is 0.228 e. The van der Waals surface area contributed by atoms with Crippen molar-refractivity contribution in [1.29, 1.82) is 0 Å². The fraction of sp³-hybridized carbons (Fsp3) is 0.917. The molecule has 2 atom stereocenters. The molecule has 1 saturated heterocycles. The van der Waals surface area contributed by atoms with Crippen molar-refractivity contribution in [2.45, 2.75) is 65.5 Å². The number of carbonyl (C=O) groups excluding carboxylic acids is 1. The van der Waals surface area contributed by atoms with E-state index in [0.29, 0.717) is 17.9 Å². The first kappa shape index (κ1) is 11.5. The van der Waals surface area contributed by atoms with Crippen molar-refractivity contribution < 1.29 is 4.79 Å². The molecular formula is C12H23NO.